The van der Waals surface area contributed by atoms with Crippen molar-refractivity contribution in [1.82, 2.24) is 14.9 Å². The number of hydrogen-bond acceptors (Lipinski definition) is 7. The average molecular weight is 476 g/mol. The quantitative estimate of drug-likeness (QED) is 0.589. The first-order valence-electron chi connectivity index (χ1n) is 11.1. The van der Waals surface area contributed by atoms with Gasteiger partial charge in [-0.25, -0.2) is 19.2 Å². The first kappa shape index (κ1) is 23.8. The lowest BCUT2D eigenvalue weighted by Crippen LogP contribution is -2.56. The summed E-state index contributed by atoms with van der Waals surface area (Å²) in [5, 5.41) is 0. The van der Waals surface area contributed by atoms with Gasteiger partial charge in [-0.3, -0.25) is 0 Å². The molecule has 0 spiro atoms. The number of nitrogens with zero attached hydrogens (tertiary/aromatic N) is 3. The van der Waals surface area contributed by atoms with Crippen molar-refractivity contribution in [2.24, 2.45) is 17.8 Å². The fourth-order valence-corrected chi connectivity index (χ4v) is 4.75. The van der Waals surface area contributed by atoms with E-state index in [4.69, 9.17) is 14.2 Å². The Hall–Kier alpha value is -2.39. The molecule has 1 aromatic heterocycles. The Morgan fingerprint density at radius 1 is 1.21 bits per heavy atom. The van der Waals surface area contributed by atoms with E-state index >= 15 is 0 Å². The number of halogens is 1. The van der Waals surface area contributed by atoms with E-state index in [1.807, 2.05) is 33.1 Å². The van der Waals surface area contributed by atoms with Crippen LogP contribution in [0.3, 0.4) is 0 Å². The number of amides is 1. The molecular formula is C24H30FN3O4S. The molecule has 0 radical (unpaired) electrons. The number of rotatable bonds is 5. The highest BCUT2D eigenvalue weighted by Gasteiger charge is 2.43. The van der Waals surface area contributed by atoms with Crippen LogP contribution in [0, 0.1) is 23.6 Å². The molecule has 0 saturated carbocycles. The van der Waals surface area contributed by atoms with E-state index in [0.717, 1.165) is 4.90 Å². The molecule has 2 aliphatic heterocycles. The Balaban J connectivity index is 1.37. The van der Waals surface area contributed by atoms with Crippen molar-refractivity contribution in [3.05, 3.63) is 36.4 Å². The molecule has 2 atom stereocenters. The van der Waals surface area contributed by atoms with Gasteiger partial charge in [0, 0.05) is 59.3 Å². The Morgan fingerprint density at radius 2 is 1.88 bits per heavy atom. The lowest BCUT2D eigenvalue weighted by atomic mass is 9.77. The molecule has 2 aromatic rings. The lowest BCUT2D eigenvalue weighted by molar-refractivity contribution is -0.0950. The van der Waals surface area contributed by atoms with Gasteiger partial charge in [-0.05, 0) is 39.2 Å². The Labute approximate surface area is 198 Å². The van der Waals surface area contributed by atoms with Crippen LogP contribution in [-0.4, -0.2) is 65.7 Å². The minimum Gasteiger partial charge on any atom is -0.463 e. The van der Waals surface area contributed by atoms with Crippen molar-refractivity contribution in [3.8, 4) is 17.1 Å². The first-order chi connectivity index (χ1) is 15.7. The average Bonchev–Trinajstić information content (AvgIpc) is 2.76. The van der Waals surface area contributed by atoms with Gasteiger partial charge in [-0.1, -0.05) is 6.07 Å². The molecule has 0 N–H and O–H groups in total. The molecule has 2 bridgehead atoms. The summed E-state index contributed by atoms with van der Waals surface area (Å²) in [6.07, 6.45) is 4.78. The van der Waals surface area contributed by atoms with Crippen LogP contribution in [0.5, 0.6) is 6.01 Å². The van der Waals surface area contributed by atoms with E-state index in [1.165, 1.54) is 17.8 Å². The number of thioether (sulfide) groups is 1. The van der Waals surface area contributed by atoms with Gasteiger partial charge in [-0.2, -0.15) is 0 Å². The summed E-state index contributed by atoms with van der Waals surface area (Å²) < 4.78 is 31.6. The van der Waals surface area contributed by atoms with Crippen molar-refractivity contribution in [1.29, 1.82) is 0 Å². The molecule has 33 heavy (non-hydrogen) atoms. The van der Waals surface area contributed by atoms with Gasteiger partial charge in [0.05, 0.1) is 19.8 Å². The van der Waals surface area contributed by atoms with Crippen LogP contribution >= 0.6 is 11.8 Å². The van der Waals surface area contributed by atoms with E-state index in [0.29, 0.717) is 44.0 Å². The molecule has 9 heteroatoms. The first-order valence-corrected chi connectivity index (χ1v) is 12.3. The highest BCUT2D eigenvalue weighted by molar-refractivity contribution is 7.98. The van der Waals surface area contributed by atoms with Crippen molar-refractivity contribution in [2.45, 2.75) is 31.3 Å². The zero-order chi connectivity index (χ0) is 23.6. The van der Waals surface area contributed by atoms with Crippen LogP contribution in [-0.2, 0) is 9.47 Å². The standard InChI is InChI=1S/C24H30FN3O4S/c1-24(2,3)32-23(29)28-10-16-12-30-13-17(11-28)20(16)14-31-22-26-8-15(9-27-22)19-6-5-18(33-4)7-21(19)25/h5-9,16-17,20H,10-14H2,1-4H3. The van der Waals surface area contributed by atoms with Gasteiger partial charge in [0.25, 0.3) is 0 Å². The molecule has 2 fully saturated rings. The number of ether oxygens (including phenoxy) is 3. The maximum absolute atomic E-state index is 14.4. The molecule has 0 aliphatic carbocycles. The third-order valence-electron chi connectivity index (χ3n) is 5.96. The molecule has 1 amide bonds. The predicted octanol–water partition coefficient (Wildman–Crippen LogP) is 4.51. The van der Waals surface area contributed by atoms with E-state index in [9.17, 15) is 9.18 Å². The second kappa shape index (κ2) is 9.85. The van der Waals surface area contributed by atoms with Crippen LogP contribution in [0.2, 0.25) is 0 Å². The summed E-state index contributed by atoms with van der Waals surface area (Å²) in [6, 6.07) is 5.38. The molecule has 178 valence electrons. The normalized spacial score (nSPS) is 22.7. The molecule has 4 rings (SSSR count). The summed E-state index contributed by atoms with van der Waals surface area (Å²) in [5.74, 6) is 0.252. The summed E-state index contributed by atoms with van der Waals surface area (Å²) in [4.78, 5) is 23.7. The number of carbonyl (C=O) groups excluding carboxylic acids is 1. The molecule has 3 heterocycles. The zero-order valence-electron chi connectivity index (χ0n) is 19.4. The van der Waals surface area contributed by atoms with E-state index < -0.39 is 5.60 Å². The van der Waals surface area contributed by atoms with Crippen LogP contribution in [0.15, 0.2) is 35.5 Å². The minimum absolute atomic E-state index is 0.160. The summed E-state index contributed by atoms with van der Waals surface area (Å²) >= 11 is 1.49. The van der Waals surface area contributed by atoms with E-state index in [1.54, 1.807) is 23.4 Å². The highest BCUT2D eigenvalue weighted by Crippen LogP contribution is 2.34. The van der Waals surface area contributed by atoms with Crippen molar-refractivity contribution in [2.75, 3.05) is 39.2 Å². The number of benzene rings is 1. The smallest absolute Gasteiger partial charge is 0.410 e. The maximum Gasteiger partial charge on any atom is 0.410 e. The summed E-state index contributed by atoms with van der Waals surface area (Å²) in [5.41, 5.74) is 0.537. The topological polar surface area (TPSA) is 73.8 Å². The van der Waals surface area contributed by atoms with Gasteiger partial charge in [0.15, 0.2) is 0 Å². The third kappa shape index (κ3) is 5.76. The van der Waals surface area contributed by atoms with Crippen LogP contribution in [0.1, 0.15) is 20.8 Å². The van der Waals surface area contributed by atoms with Crippen LogP contribution in [0.25, 0.3) is 11.1 Å². The second-order valence-electron chi connectivity index (χ2n) is 9.52. The molecule has 1 aromatic carbocycles. The number of likely N-dealkylation sites (tertiary alicyclic amines) is 1. The monoisotopic (exact) mass is 475 g/mol. The van der Waals surface area contributed by atoms with Crippen molar-refractivity contribution < 1.29 is 23.4 Å². The van der Waals surface area contributed by atoms with Crippen molar-refractivity contribution >= 4 is 17.9 Å². The van der Waals surface area contributed by atoms with Crippen LogP contribution in [0.4, 0.5) is 9.18 Å². The molecular weight excluding hydrogens is 445 g/mol. The highest BCUT2D eigenvalue weighted by atomic mass is 32.2. The van der Waals surface area contributed by atoms with Crippen LogP contribution < -0.4 is 4.74 Å². The number of aromatic nitrogens is 2. The number of carbonyl (C=O) groups is 1. The number of hydrogen-bond donors (Lipinski definition) is 0. The summed E-state index contributed by atoms with van der Waals surface area (Å²) in [7, 11) is 0. The summed E-state index contributed by atoms with van der Waals surface area (Å²) in [6.45, 7) is 8.35. The molecule has 2 aliphatic rings. The maximum atomic E-state index is 14.4. The third-order valence-corrected chi connectivity index (χ3v) is 6.68. The lowest BCUT2D eigenvalue weighted by Gasteiger charge is -2.46. The number of piperidine rings is 1. The zero-order valence-corrected chi connectivity index (χ0v) is 20.2. The fourth-order valence-electron chi connectivity index (χ4n) is 4.32. The molecule has 2 unspecified atom stereocenters. The van der Waals surface area contributed by atoms with Gasteiger partial charge >= 0.3 is 12.1 Å². The van der Waals surface area contributed by atoms with E-state index in [2.05, 4.69) is 9.97 Å². The Kier molecular flexibility index (Phi) is 7.09. The van der Waals surface area contributed by atoms with Gasteiger partial charge in [-0.15, -0.1) is 11.8 Å². The minimum atomic E-state index is -0.522. The molecule has 7 nitrogen and oxygen atoms in total. The van der Waals surface area contributed by atoms with E-state index in [-0.39, 0.29) is 35.7 Å². The Bertz CT molecular complexity index is 969. The predicted molar refractivity (Wildman–Crippen MR) is 124 cm³/mol. The van der Waals surface area contributed by atoms with Gasteiger partial charge in [0.2, 0.25) is 0 Å². The SMILES string of the molecule is CSc1ccc(-c2cnc(OCC3C4COCC3CN(C(=O)OC(C)(C)C)C4)nc2)c(F)c1. The fraction of sp³-hybridized carbons (Fsp3) is 0.542. The molecule has 2 saturated heterocycles. The van der Waals surface area contributed by atoms with Gasteiger partial charge < -0.3 is 19.1 Å². The largest absolute Gasteiger partial charge is 0.463 e. The van der Waals surface area contributed by atoms with Crippen molar-refractivity contribution in [3.63, 3.8) is 0 Å². The Morgan fingerprint density at radius 3 is 2.45 bits per heavy atom. The van der Waals surface area contributed by atoms with Gasteiger partial charge in [0.1, 0.15) is 11.4 Å². The number of fused-ring (bicyclic) bond motifs is 2. The second-order valence-corrected chi connectivity index (χ2v) is 10.4.